The van der Waals surface area contributed by atoms with Crippen molar-refractivity contribution in [1.29, 1.82) is 0 Å². The third-order valence-corrected chi connectivity index (χ3v) is 2.53. The lowest BCUT2D eigenvalue weighted by molar-refractivity contribution is -0.134. The van der Waals surface area contributed by atoms with E-state index in [0.717, 1.165) is 6.92 Å². The van der Waals surface area contributed by atoms with Gasteiger partial charge in [-0.05, 0) is 38.9 Å². The highest BCUT2D eigenvalue weighted by atomic mass is 16.4. The molecule has 0 aromatic heterocycles. The van der Waals surface area contributed by atoms with Gasteiger partial charge in [0.15, 0.2) is 0 Å². The van der Waals surface area contributed by atoms with E-state index in [1.54, 1.807) is 0 Å². The van der Waals surface area contributed by atoms with Gasteiger partial charge in [0.05, 0.1) is 0 Å². The molecule has 1 saturated heterocycles. The number of carboxylic acids is 1. The fourth-order valence-electron chi connectivity index (χ4n) is 1.77. The monoisotopic (exact) mass is 215 g/mol. The fraction of sp³-hybridized carbons (Fsp3) is 0.917. The summed E-state index contributed by atoms with van der Waals surface area (Å²) in [6.45, 7) is 7.44. The molecule has 0 aliphatic carbocycles. The quantitative estimate of drug-likeness (QED) is 0.733. The predicted molar refractivity (Wildman–Crippen MR) is 63.1 cm³/mol. The van der Waals surface area contributed by atoms with Gasteiger partial charge in [0.1, 0.15) is 0 Å². The maximum Gasteiger partial charge on any atom is 0.300 e. The summed E-state index contributed by atoms with van der Waals surface area (Å²) in [7, 11) is 0. The molecule has 0 unspecified atom stereocenters. The zero-order valence-electron chi connectivity index (χ0n) is 10.2. The minimum absolute atomic E-state index is 0.833. The predicted octanol–water partition coefficient (Wildman–Crippen LogP) is 2.75. The van der Waals surface area contributed by atoms with E-state index >= 15 is 0 Å². The first-order chi connectivity index (χ1) is 7.16. The Balaban J connectivity index is 0.000000423. The van der Waals surface area contributed by atoms with E-state index in [2.05, 4.69) is 11.8 Å². The van der Waals surface area contributed by atoms with Crippen LogP contribution in [-0.2, 0) is 4.79 Å². The van der Waals surface area contributed by atoms with Crippen molar-refractivity contribution >= 4 is 5.97 Å². The van der Waals surface area contributed by atoms with E-state index in [1.807, 2.05) is 0 Å². The molecule has 0 radical (unpaired) electrons. The number of unbranched alkanes of at least 4 members (excludes halogenated alkanes) is 2. The van der Waals surface area contributed by atoms with Gasteiger partial charge in [-0.15, -0.1) is 0 Å². The summed E-state index contributed by atoms with van der Waals surface area (Å²) in [6.07, 6.45) is 8.52. The summed E-state index contributed by atoms with van der Waals surface area (Å²) in [5, 5.41) is 7.42. The van der Waals surface area contributed by atoms with Crippen LogP contribution in [0.3, 0.4) is 0 Å². The highest BCUT2D eigenvalue weighted by Gasteiger charge is 2.08. The third-order valence-electron chi connectivity index (χ3n) is 2.53. The first-order valence-electron chi connectivity index (χ1n) is 6.08. The van der Waals surface area contributed by atoms with E-state index in [1.165, 1.54) is 58.2 Å². The Hall–Kier alpha value is -0.570. The summed E-state index contributed by atoms with van der Waals surface area (Å²) < 4.78 is 0. The smallest absolute Gasteiger partial charge is 0.300 e. The molecule has 1 heterocycles. The second-order valence-electron chi connectivity index (χ2n) is 4.13. The van der Waals surface area contributed by atoms with Gasteiger partial charge in [0.2, 0.25) is 0 Å². The van der Waals surface area contributed by atoms with Gasteiger partial charge in [-0.1, -0.05) is 26.2 Å². The molecule has 0 aromatic carbocycles. The second kappa shape index (κ2) is 9.97. The van der Waals surface area contributed by atoms with Crippen LogP contribution >= 0.6 is 0 Å². The zero-order chi connectivity index (χ0) is 11.5. The molecule has 15 heavy (non-hydrogen) atoms. The molecule has 0 amide bonds. The van der Waals surface area contributed by atoms with Crippen molar-refractivity contribution in [2.45, 2.75) is 52.4 Å². The molecule has 0 saturated carbocycles. The average molecular weight is 215 g/mol. The molecule has 3 nitrogen and oxygen atoms in total. The number of hydrogen-bond donors (Lipinski definition) is 1. The molecular weight excluding hydrogens is 190 g/mol. The number of hydrogen-bond acceptors (Lipinski definition) is 2. The highest BCUT2D eigenvalue weighted by molar-refractivity contribution is 5.62. The molecule has 3 heteroatoms. The normalized spacial score (nSPS) is 16.7. The number of carbonyl (C=O) groups is 1. The fourth-order valence-corrected chi connectivity index (χ4v) is 1.77. The van der Waals surface area contributed by atoms with Crippen LogP contribution in [0.25, 0.3) is 0 Å². The Labute approximate surface area is 93.5 Å². The Morgan fingerprint density at radius 2 is 1.73 bits per heavy atom. The maximum atomic E-state index is 9.00. The van der Waals surface area contributed by atoms with Gasteiger partial charge in [-0.25, -0.2) is 0 Å². The van der Waals surface area contributed by atoms with E-state index < -0.39 is 5.97 Å². The van der Waals surface area contributed by atoms with Crippen molar-refractivity contribution in [2.24, 2.45) is 0 Å². The van der Waals surface area contributed by atoms with Crippen LogP contribution in [0.2, 0.25) is 0 Å². The van der Waals surface area contributed by atoms with Crippen molar-refractivity contribution in [3.63, 3.8) is 0 Å². The molecule has 1 fully saturated rings. The molecule has 1 rings (SSSR count). The topological polar surface area (TPSA) is 40.5 Å². The van der Waals surface area contributed by atoms with Gasteiger partial charge >= 0.3 is 0 Å². The number of aliphatic carboxylic acids is 1. The molecule has 0 bridgehead atoms. The molecule has 1 aliphatic rings. The number of rotatable bonds is 4. The van der Waals surface area contributed by atoms with Crippen molar-refractivity contribution in [1.82, 2.24) is 4.90 Å². The van der Waals surface area contributed by atoms with Crippen LogP contribution < -0.4 is 0 Å². The van der Waals surface area contributed by atoms with E-state index in [0.29, 0.717) is 0 Å². The van der Waals surface area contributed by atoms with Gasteiger partial charge in [0.25, 0.3) is 5.97 Å². The van der Waals surface area contributed by atoms with Gasteiger partial charge in [-0.2, -0.15) is 0 Å². The lowest BCUT2D eigenvalue weighted by Gasteiger charge is -2.26. The Morgan fingerprint density at radius 3 is 2.20 bits per heavy atom. The molecule has 0 atom stereocenters. The van der Waals surface area contributed by atoms with E-state index in [-0.39, 0.29) is 0 Å². The van der Waals surface area contributed by atoms with Crippen LogP contribution in [0.4, 0.5) is 0 Å². The number of carboxylic acid groups (broad SMARTS) is 1. The largest absolute Gasteiger partial charge is 0.481 e. The average Bonchev–Trinajstić information content (AvgIpc) is 2.19. The number of nitrogens with zero attached hydrogens (tertiary/aromatic N) is 1. The van der Waals surface area contributed by atoms with Crippen molar-refractivity contribution < 1.29 is 9.90 Å². The molecule has 90 valence electrons. The van der Waals surface area contributed by atoms with Crippen molar-refractivity contribution in [2.75, 3.05) is 19.6 Å². The van der Waals surface area contributed by atoms with Gasteiger partial charge in [-0.3, -0.25) is 4.79 Å². The Kier molecular flexibility index (Phi) is 9.59. The van der Waals surface area contributed by atoms with Crippen LogP contribution in [0.5, 0.6) is 0 Å². The third kappa shape index (κ3) is 11.4. The SMILES string of the molecule is CC(=O)O.CCCCCN1CCCCC1. The minimum atomic E-state index is -0.833. The van der Waals surface area contributed by atoms with Crippen LogP contribution in [-0.4, -0.2) is 35.6 Å². The van der Waals surface area contributed by atoms with Crippen molar-refractivity contribution in [3.8, 4) is 0 Å². The van der Waals surface area contributed by atoms with Gasteiger partial charge < -0.3 is 10.0 Å². The van der Waals surface area contributed by atoms with Crippen LogP contribution in [0.1, 0.15) is 52.4 Å². The lowest BCUT2D eigenvalue weighted by Crippen LogP contribution is -2.30. The van der Waals surface area contributed by atoms with Crippen molar-refractivity contribution in [3.05, 3.63) is 0 Å². The van der Waals surface area contributed by atoms with Crippen LogP contribution in [0, 0.1) is 0 Å². The Bertz CT molecular complexity index is 150. The van der Waals surface area contributed by atoms with E-state index in [9.17, 15) is 0 Å². The molecular formula is C12H25NO2. The Morgan fingerprint density at radius 1 is 1.20 bits per heavy atom. The molecule has 1 N–H and O–H groups in total. The van der Waals surface area contributed by atoms with Crippen LogP contribution in [0.15, 0.2) is 0 Å². The zero-order valence-corrected chi connectivity index (χ0v) is 10.2. The second-order valence-corrected chi connectivity index (χ2v) is 4.13. The summed E-state index contributed by atoms with van der Waals surface area (Å²) in [4.78, 5) is 11.6. The highest BCUT2D eigenvalue weighted by Crippen LogP contribution is 2.09. The lowest BCUT2D eigenvalue weighted by atomic mass is 10.1. The summed E-state index contributed by atoms with van der Waals surface area (Å²) >= 11 is 0. The standard InChI is InChI=1S/C10H21N.C2H4O2/c1-2-3-5-8-11-9-6-4-7-10-11;1-2(3)4/h2-10H2,1H3;1H3,(H,3,4). The number of piperidine rings is 1. The van der Waals surface area contributed by atoms with Gasteiger partial charge in [0, 0.05) is 6.92 Å². The number of likely N-dealkylation sites (tertiary alicyclic amines) is 1. The first-order valence-corrected chi connectivity index (χ1v) is 6.08. The maximum absolute atomic E-state index is 9.00. The summed E-state index contributed by atoms with van der Waals surface area (Å²) in [6, 6.07) is 0. The molecule has 1 aliphatic heterocycles. The summed E-state index contributed by atoms with van der Waals surface area (Å²) in [5.74, 6) is -0.833. The minimum Gasteiger partial charge on any atom is -0.481 e. The van der Waals surface area contributed by atoms with E-state index in [4.69, 9.17) is 9.90 Å². The summed E-state index contributed by atoms with van der Waals surface area (Å²) in [5.41, 5.74) is 0. The molecule has 0 spiro atoms. The molecule has 0 aromatic rings. The first kappa shape index (κ1) is 14.4.